The van der Waals surface area contributed by atoms with Gasteiger partial charge in [-0.2, -0.15) is 0 Å². The topological polar surface area (TPSA) is 95.2 Å². The third kappa shape index (κ3) is 4.52. The average molecular weight is 360 g/mol. The molecule has 2 aromatic carbocycles. The first-order valence-corrected chi connectivity index (χ1v) is 7.88. The van der Waals surface area contributed by atoms with Gasteiger partial charge in [0.05, 0.1) is 39.7 Å². The standard InChI is InChI=1S/C19H24N2O5/c1-23-13-10-17(25-3)14(18(11-13)26-4)6-8-19(22)21-12-5-7-16(24-2)15(20)9-12/h5-11,19,21-22H,20H2,1-4H3/b8-6+. The number of methoxy groups -OCH3 is 4. The van der Waals surface area contributed by atoms with Gasteiger partial charge in [-0.25, -0.2) is 0 Å². The van der Waals surface area contributed by atoms with Crippen molar-refractivity contribution in [2.75, 3.05) is 39.5 Å². The van der Waals surface area contributed by atoms with Crippen molar-refractivity contribution in [3.05, 3.63) is 42.0 Å². The van der Waals surface area contributed by atoms with Gasteiger partial charge in [0.25, 0.3) is 0 Å². The van der Waals surface area contributed by atoms with Gasteiger partial charge in [-0.1, -0.05) is 0 Å². The molecule has 2 aromatic rings. The molecule has 1 atom stereocenters. The highest BCUT2D eigenvalue weighted by molar-refractivity contribution is 5.67. The van der Waals surface area contributed by atoms with Crippen LogP contribution in [-0.4, -0.2) is 39.8 Å². The third-order valence-corrected chi connectivity index (χ3v) is 3.74. The molecule has 0 saturated heterocycles. The molecular weight excluding hydrogens is 336 g/mol. The number of aliphatic hydroxyl groups is 1. The summed E-state index contributed by atoms with van der Waals surface area (Å²) in [5, 5.41) is 13.2. The lowest BCUT2D eigenvalue weighted by Crippen LogP contribution is -2.15. The lowest BCUT2D eigenvalue weighted by Gasteiger charge is -2.14. The van der Waals surface area contributed by atoms with Gasteiger partial charge in [0.1, 0.15) is 29.2 Å². The van der Waals surface area contributed by atoms with Crippen molar-refractivity contribution in [3.63, 3.8) is 0 Å². The van der Waals surface area contributed by atoms with Crippen molar-refractivity contribution in [1.82, 2.24) is 0 Å². The molecule has 26 heavy (non-hydrogen) atoms. The lowest BCUT2D eigenvalue weighted by atomic mass is 10.1. The number of nitrogen functional groups attached to an aromatic ring is 1. The molecular formula is C19H24N2O5. The molecule has 0 radical (unpaired) electrons. The lowest BCUT2D eigenvalue weighted by molar-refractivity contribution is 0.253. The van der Waals surface area contributed by atoms with E-state index in [9.17, 15) is 5.11 Å². The molecule has 0 fully saturated rings. The number of benzene rings is 2. The van der Waals surface area contributed by atoms with Gasteiger partial charge in [0.2, 0.25) is 0 Å². The van der Waals surface area contributed by atoms with E-state index in [1.54, 1.807) is 70.9 Å². The van der Waals surface area contributed by atoms with Crippen LogP contribution in [0.15, 0.2) is 36.4 Å². The summed E-state index contributed by atoms with van der Waals surface area (Å²) in [6.07, 6.45) is 2.34. The van der Waals surface area contributed by atoms with E-state index >= 15 is 0 Å². The van der Waals surface area contributed by atoms with Gasteiger partial charge < -0.3 is 35.1 Å². The molecule has 0 aliphatic carbocycles. The van der Waals surface area contributed by atoms with Crippen LogP contribution in [0, 0.1) is 0 Å². The fourth-order valence-electron chi connectivity index (χ4n) is 2.43. The molecule has 1 unspecified atom stereocenters. The van der Waals surface area contributed by atoms with Gasteiger partial charge in [-0.3, -0.25) is 0 Å². The Balaban J connectivity index is 2.19. The highest BCUT2D eigenvalue weighted by Gasteiger charge is 2.11. The fraction of sp³-hybridized carbons (Fsp3) is 0.263. The van der Waals surface area contributed by atoms with Crippen molar-refractivity contribution >= 4 is 17.5 Å². The monoisotopic (exact) mass is 360 g/mol. The molecule has 0 heterocycles. The summed E-state index contributed by atoms with van der Waals surface area (Å²) in [4.78, 5) is 0. The minimum atomic E-state index is -0.945. The molecule has 0 bridgehead atoms. The summed E-state index contributed by atoms with van der Waals surface area (Å²) in [5.41, 5.74) is 7.69. The van der Waals surface area contributed by atoms with Gasteiger partial charge in [0.15, 0.2) is 0 Å². The van der Waals surface area contributed by atoms with Crippen LogP contribution in [0.3, 0.4) is 0 Å². The Labute approximate surface area is 152 Å². The molecule has 140 valence electrons. The quantitative estimate of drug-likeness (QED) is 0.492. The number of rotatable bonds is 8. The van der Waals surface area contributed by atoms with Crippen LogP contribution in [0.4, 0.5) is 11.4 Å². The normalized spacial score (nSPS) is 11.9. The summed E-state index contributed by atoms with van der Waals surface area (Å²) in [5.74, 6) is 2.33. The predicted octanol–water partition coefficient (Wildman–Crippen LogP) is 2.75. The van der Waals surface area contributed by atoms with Crippen LogP contribution in [0.1, 0.15) is 5.56 Å². The Hall–Kier alpha value is -3.06. The second kappa shape index (κ2) is 8.87. The summed E-state index contributed by atoms with van der Waals surface area (Å²) in [7, 11) is 6.23. The van der Waals surface area contributed by atoms with E-state index in [2.05, 4.69) is 5.32 Å². The first-order valence-electron chi connectivity index (χ1n) is 7.88. The van der Waals surface area contributed by atoms with Crippen molar-refractivity contribution in [3.8, 4) is 23.0 Å². The highest BCUT2D eigenvalue weighted by atomic mass is 16.5. The molecule has 0 aromatic heterocycles. The van der Waals surface area contributed by atoms with Crippen LogP contribution in [0.2, 0.25) is 0 Å². The summed E-state index contributed by atoms with van der Waals surface area (Å²) >= 11 is 0. The largest absolute Gasteiger partial charge is 0.496 e. The Morgan fingerprint density at radius 1 is 0.923 bits per heavy atom. The highest BCUT2D eigenvalue weighted by Crippen LogP contribution is 2.35. The smallest absolute Gasteiger partial charge is 0.144 e. The average Bonchev–Trinajstić information content (AvgIpc) is 2.65. The Morgan fingerprint density at radius 2 is 1.54 bits per heavy atom. The van der Waals surface area contributed by atoms with Crippen LogP contribution in [0.5, 0.6) is 23.0 Å². The number of hydrogen-bond acceptors (Lipinski definition) is 7. The van der Waals surface area contributed by atoms with Gasteiger partial charge in [0, 0.05) is 17.8 Å². The maximum atomic E-state index is 10.2. The van der Waals surface area contributed by atoms with Crippen molar-refractivity contribution in [2.45, 2.75) is 6.23 Å². The van der Waals surface area contributed by atoms with E-state index in [4.69, 9.17) is 24.7 Å². The van der Waals surface area contributed by atoms with Crippen molar-refractivity contribution in [2.24, 2.45) is 0 Å². The van der Waals surface area contributed by atoms with E-state index < -0.39 is 6.23 Å². The van der Waals surface area contributed by atoms with Crippen LogP contribution in [0.25, 0.3) is 6.08 Å². The molecule has 7 nitrogen and oxygen atoms in total. The number of aliphatic hydroxyl groups excluding tert-OH is 1. The first-order chi connectivity index (χ1) is 12.5. The zero-order chi connectivity index (χ0) is 19.1. The van der Waals surface area contributed by atoms with Crippen LogP contribution >= 0.6 is 0 Å². The summed E-state index contributed by atoms with van der Waals surface area (Å²) in [6, 6.07) is 8.66. The fourth-order valence-corrected chi connectivity index (χ4v) is 2.43. The van der Waals surface area contributed by atoms with E-state index in [-0.39, 0.29) is 0 Å². The second-order valence-corrected chi connectivity index (χ2v) is 5.35. The maximum Gasteiger partial charge on any atom is 0.144 e. The van der Waals surface area contributed by atoms with Gasteiger partial charge >= 0.3 is 0 Å². The second-order valence-electron chi connectivity index (χ2n) is 5.35. The van der Waals surface area contributed by atoms with E-state index in [0.29, 0.717) is 39.9 Å². The predicted molar refractivity (Wildman–Crippen MR) is 102 cm³/mol. The number of anilines is 2. The van der Waals surface area contributed by atoms with Crippen molar-refractivity contribution in [1.29, 1.82) is 0 Å². The van der Waals surface area contributed by atoms with E-state index in [1.165, 1.54) is 0 Å². The molecule has 0 amide bonds. The molecule has 0 spiro atoms. The zero-order valence-corrected chi connectivity index (χ0v) is 15.3. The molecule has 7 heteroatoms. The zero-order valence-electron chi connectivity index (χ0n) is 15.3. The minimum Gasteiger partial charge on any atom is -0.496 e. The minimum absolute atomic E-state index is 0.479. The van der Waals surface area contributed by atoms with Crippen LogP contribution < -0.4 is 30.0 Å². The number of nitrogens with one attached hydrogen (secondary N) is 1. The Kier molecular flexibility index (Phi) is 6.57. The maximum absolute atomic E-state index is 10.2. The molecule has 0 saturated carbocycles. The number of nitrogens with two attached hydrogens (primary N) is 1. The first kappa shape index (κ1) is 19.3. The molecule has 0 aliphatic heterocycles. The van der Waals surface area contributed by atoms with Crippen molar-refractivity contribution < 1.29 is 24.1 Å². The Bertz CT molecular complexity index is 752. The van der Waals surface area contributed by atoms with Gasteiger partial charge in [-0.05, 0) is 30.4 Å². The van der Waals surface area contributed by atoms with E-state index in [0.717, 1.165) is 0 Å². The van der Waals surface area contributed by atoms with E-state index in [1.807, 2.05) is 0 Å². The molecule has 0 aliphatic rings. The molecule has 2 rings (SSSR count). The van der Waals surface area contributed by atoms with Gasteiger partial charge in [-0.15, -0.1) is 0 Å². The third-order valence-electron chi connectivity index (χ3n) is 3.74. The Morgan fingerprint density at radius 3 is 2.04 bits per heavy atom. The summed E-state index contributed by atoms with van der Waals surface area (Å²) in [6.45, 7) is 0. The number of hydrogen-bond donors (Lipinski definition) is 3. The van der Waals surface area contributed by atoms with Crippen LogP contribution in [-0.2, 0) is 0 Å². The number of ether oxygens (including phenoxy) is 4. The SMILES string of the molecule is COc1cc(OC)c(/C=C/C(O)Nc2ccc(OC)c(N)c2)c(OC)c1. The molecule has 4 N–H and O–H groups in total. The summed E-state index contributed by atoms with van der Waals surface area (Å²) < 4.78 is 21.1.